The fourth-order valence-corrected chi connectivity index (χ4v) is 0.656. The molecule has 54 valence electrons. The van der Waals surface area contributed by atoms with Crippen molar-refractivity contribution < 1.29 is 10.0 Å². The van der Waals surface area contributed by atoms with E-state index in [0.29, 0.717) is 0 Å². The van der Waals surface area contributed by atoms with E-state index in [-0.39, 0.29) is 11.3 Å². The van der Waals surface area contributed by atoms with Crippen molar-refractivity contribution in [1.82, 2.24) is 4.98 Å². The van der Waals surface area contributed by atoms with Gasteiger partial charge in [-0.05, 0) is 17.6 Å². The van der Waals surface area contributed by atoms with Crippen LogP contribution >= 0.6 is 0 Å². The number of pyridine rings is 1. The Kier molecular flexibility index (Phi) is 2.21. The number of aromatic nitrogens is 1. The normalized spacial score (nSPS) is 8.82. The van der Waals surface area contributed by atoms with Gasteiger partial charge in [-0.1, -0.05) is 6.57 Å². The van der Waals surface area contributed by atoms with Gasteiger partial charge in [-0.15, -0.1) is 4.98 Å². The molecular formula is C6H5BN2O2. The minimum atomic E-state index is -1.53. The zero-order valence-electron chi connectivity index (χ0n) is 5.60. The molecule has 0 atom stereocenters. The minimum Gasteiger partial charge on any atom is -0.423 e. The fraction of sp³-hybridized carbons (Fsp3) is 0. The summed E-state index contributed by atoms with van der Waals surface area (Å²) in [6.45, 7) is 6.58. The Labute approximate surface area is 64.1 Å². The van der Waals surface area contributed by atoms with Gasteiger partial charge in [-0.2, -0.15) is 0 Å². The van der Waals surface area contributed by atoms with Crippen LogP contribution in [-0.4, -0.2) is 22.2 Å². The van der Waals surface area contributed by atoms with Crippen LogP contribution in [0.4, 0.5) is 5.82 Å². The third kappa shape index (κ3) is 1.77. The first-order valence-electron chi connectivity index (χ1n) is 2.93. The molecule has 1 rings (SSSR count). The van der Waals surface area contributed by atoms with Gasteiger partial charge in [-0.3, -0.25) is 0 Å². The van der Waals surface area contributed by atoms with Gasteiger partial charge in [0.1, 0.15) is 6.20 Å². The fourth-order valence-electron chi connectivity index (χ4n) is 0.656. The maximum atomic E-state index is 8.67. The van der Waals surface area contributed by atoms with Crippen LogP contribution in [0.2, 0.25) is 0 Å². The van der Waals surface area contributed by atoms with Crippen molar-refractivity contribution in [3.63, 3.8) is 0 Å². The predicted octanol–water partition coefficient (Wildman–Crippen LogP) is -0.688. The topological polar surface area (TPSA) is 57.7 Å². The molecule has 0 radical (unpaired) electrons. The Bertz CT molecular complexity index is 295. The van der Waals surface area contributed by atoms with E-state index in [1.54, 1.807) is 0 Å². The van der Waals surface area contributed by atoms with Crippen LogP contribution in [0.15, 0.2) is 18.3 Å². The summed E-state index contributed by atoms with van der Waals surface area (Å²) in [6, 6.07) is 2.77. The van der Waals surface area contributed by atoms with Gasteiger partial charge in [0.15, 0.2) is 0 Å². The van der Waals surface area contributed by atoms with Gasteiger partial charge < -0.3 is 14.9 Å². The first-order valence-corrected chi connectivity index (χ1v) is 2.93. The molecule has 11 heavy (non-hydrogen) atoms. The highest BCUT2D eigenvalue weighted by molar-refractivity contribution is 6.58. The summed E-state index contributed by atoms with van der Waals surface area (Å²) in [7, 11) is -1.53. The number of hydrogen-bond donors (Lipinski definition) is 2. The molecular weight excluding hydrogens is 143 g/mol. The average molecular weight is 148 g/mol. The molecule has 0 saturated heterocycles. The molecule has 1 aromatic rings. The van der Waals surface area contributed by atoms with Crippen LogP contribution in [0, 0.1) is 6.57 Å². The largest absolute Gasteiger partial charge is 0.487 e. The van der Waals surface area contributed by atoms with Crippen molar-refractivity contribution in [2.75, 3.05) is 0 Å². The monoisotopic (exact) mass is 148 g/mol. The second kappa shape index (κ2) is 3.15. The summed E-state index contributed by atoms with van der Waals surface area (Å²) in [4.78, 5) is 6.69. The molecule has 0 aliphatic carbocycles. The molecule has 0 unspecified atom stereocenters. The zero-order valence-corrected chi connectivity index (χ0v) is 5.60. The van der Waals surface area contributed by atoms with Crippen LogP contribution in [0.25, 0.3) is 4.85 Å². The smallest absolute Gasteiger partial charge is 0.423 e. The van der Waals surface area contributed by atoms with E-state index < -0.39 is 7.12 Å². The summed E-state index contributed by atoms with van der Waals surface area (Å²) >= 11 is 0. The number of hydrogen-bond acceptors (Lipinski definition) is 3. The van der Waals surface area contributed by atoms with Crippen molar-refractivity contribution in [3.05, 3.63) is 29.7 Å². The van der Waals surface area contributed by atoms with Crippen LogP contribution < -0.4 is 5.46 Å². The SMILES string of the molecule is [C-]#[N+]c1cc(B(O)O)ccn1. The summed E-state index contributed by atoms with van der Waals surface area (Å²) in [5.41, 5.74) is 0.283. The molecule has 2 N–H and O–H groups in total. The molecule has 0 spiro atoms. The summed E-state index contributed by atoms with van der Waals surface area (Å²) in [5, 5.41) is 17.3. The van der Waals surface area contributed by atoms with E-state index in [1.807, 2.05) is 0 Å². The molecule has 0 aliphatic rings. The molecule has 0 saturated carbocycles. The molecule has 0 amide bonds. The predicted molar refractivity (Wildman–Crippen MR) is 40.3 cm³/mol. The lowest BCUT2D eigenvalue weighted by atomic mass is 9.81. The van der Waals surface area contributed by atoms with E-state index in [1.165, 1.54) is 18.3 Å². The average Bonchev–Trinajstić information content (AvgIpc) is 2.05. The van der Waals surface area contributed by atoms with Crippen molar-refractivity contribution >= 4 is 18.4 Å². The summed E-state index contributed by atoms with van der Waals surface area (Å²) in [5.74, 6) is 0.163. The standard InChI is InChI=1S/C6H5BN2O2/c1-8-6-4-5(7(10)11)2-3-9-6/h2-4,10-11H. The van der Waals surface area contributed by atoms with Gasteiger partial charge >= 0.3 is 7.12 Å². The van der Waals surface area contributed by atoms with Gasteiger partial charge in [-0.25, -0.2) is 0 Å². The highest BCUT2D eigenvalue weighted by Crippen LogP contribution is 2.01. The van der Waals surface area contributed by atoms with Crippen molar-refractivity contribution in [3.8, 4) is 0 Å². The van der Waals surface area contributed by atoms with Crippen molar-refractivity contribution in [1.29, 1.82) is 0 Å². The van der Waals surface area contributed by atoms with E-state index in [4.69, 9.17) is 16.6 Å². The Morgan fingerprint density at radius 3 is 2.82 bits per heavy atom. The van der Waals surface area contributed by atoms with Crippen LogP contribution in [0.5, 0.6) is 0 Å². The third-order valence-corrected chi connectivity index (χ3v) is 1.18. The number of nitrogens with zero attached hydrogens (tertiary/aromatic N) is 2. The summed E-state index contributed by atoms with van der Waals surface area (Å²) in [6.07, 6.45) is 1.36. The molecule has 5 heteroatoms. The van der Waals surface area contributed by atoms with E-state index in [9.17, 15) is 0 Å². The molecule has 0 aliphatic heterocycles. The van der Waals surface area contributed by atoms with Crippen LogP contribution in [0.1, 0.15) is 0 Å². The van der Waals surface area contributed by atoms with Crippen molar-refractivity contribution in [2.24, 2.45) is 0 Å². The zero-order chi connectivity index (χ0) is 8.27. The quantitative estimate of drug-likeness (QED) is 0.409. The second-order valence-electron chi connectivity index (χ2n) is 1.93. The Hall–Kier alpha value is -1.38. The van der Waals surface area contributed by atoms with Gasteiger partial charge in [0.25, 0.3) is 5.82 Å². The van der Waals surface area contributed by atoms with E-state index in [2.05, 4.69) is 9.83 Å². The molecule has 0 aromatic carbocycles. The maximum absolute atomic E-state index is 8.67. The first-order chi connectivity index (χ1) is 5.24. The van der Waals surface area contributed by atoms with E-state index >= 15 is 0 Å². The Morgan fingerprint density at radius 2 is 2.27 bits per heavy atom. The second-order valence-corrected chi connectivity index (χ2v) is 1.93. The maximum Gasteiger partial charge on any atom is 0.487 e. The lowest BCUT2D eigenvalue weighted by Gasteiger charge is -1.95. The van der Waals surface area contributed by atoms with Crippen LogP contribution in [-0.2, 0) is 0 Å². The molecule has 0 fully saturated rings. The van der Waals surface area contributed by atoms with Crippen molar-refractivity contribution in [2.45, 2.75) is 0 Å². The van der Waals surface area contributed by atoms with Gasteiger partial charge in [0.05, 0.1) is 0 Å². The lowest BCUT2D eigenvalue weighted by Crippen LogP contribution is -2.29. The molecule has 0 bridgehead atoms. The van der Waals surface area contributed by atoms with Gasteiger partial charge in [0.2, 0.25) is 0 Å². The molecule has 1 aromatic heterocycles. The van der Waals surface area contributed by atoms with Crippen LogP contribution in [0.3, 0.4) is 0 Å². The highest BCUT2D eigenvalue weighted by Gasteiger charge is 2.10. The number of rotatable bonds is 1. The minimum absolute atomic E-state index is 0.163. The Morgan fingerprint density at radius 1 is 1.55 bits per heavy atom. The molecule has 1 heterocycles. The van der Waals surface area contributed by atoms with E-state index in [0.717, 1.165) is 0 Å². The third-order valence-electron chi connectivity index (χ3n) is 1.18. The highest BCUT2D eigenvalue weighted by atomic mass is 16.4. The summed E-state index contributed by atoms with van der Waals surface area (Å²) < 4.78 is 0. The lowest BCUT2D eigenvalue weighted by molar-refractivity contribution is 0.426. The Balaban J connectivity index is 3.03. The first kappa shape index (κ1) is 7.73. The molecule has 4 nitrogen and oxygen atoms in total. The van der Waals surface area contributed by atoms with Gasteiger partial charge in [0, 0.05) is 0 Å².